The van der Waals surface area contributed by atoms with Crippen molar-refractivity contribution in [2.24, 2.45) is 0 Å². The molecule has 0 fully saturated rings. The molecule has 0 unspecified atom stereocenters. The molecule has 3 N–H and O–H groups in total. The Balaban J connectivity index is 1.59. The maximum Gasteiger partial charge on any atom is 0.259 e. The Kier molecular flexibility index (Phi) is 4.44. The number of imidazole rings is 1. The SMILES string of the molecule is CC[C@H](Nc1ncnc2nc[nH]c12)c1nc2cccc(-c3ccccc3)c2c(=O)[nH]1. The summed E-state index contributed by atoms with van der Waals surface area (Å²) in [4.78, 5) is 36.5. The van der Waals surface area contributed by atoms with Gasteiger partial charge in [-0.3, -0.25) is 4.79 Å². The van der Waals surface area contributed by atoms with Gasteiger partial charge in [-0.1, -0.05) is 49.4 Å². The molecular formula is C22H19N7O. The van der Waals surface area contributed by atoms with Crippen LogP contribution in [0, 0.1) is 0 Å². The van der Waals surface area contributed by atoms with Crippen molar-refractivity contribution < 1.29 is 0 Å². The van der Waals surface area contributed by atoms with Crippen LogP contribution in [-0.2, 0) is 0 Å². The maximum atomic E-state index is 13.1. The van der Waals surface area contributed by atoms with E-state index in [-0.39, 0.29) is 11.6 Å². The number of benzene rings is 2. The Morgan fingerprint density at radius 2 is 1.90 bits per heavy atom. The molecule has 0 bridgehead atoms. The van der Waals surface area contributed by atoms with Gasteiger partial charge in [0.05, 0.1) is 23.3 Å². The number of anilines is 1. The van der Waals surface area contributed by atoms with Gasteiger partial charge >= 0.3 is 0 Å². The Labute approximate surface area is 171 Å². The van der Waals surface area contributed by atoms with Crippen molar-refractivity contribution in [3.05, 3.63) is 77.4 Å². The number of hydrogen-bond donors (Lipinski definition) is 3. The minimum Gasteiger partial charge on any atom is -0.358 e. The first-order chi connectivity index (χ1) is 14.7. The predicted octanol–water partition coefficient (Wildman–Crippen LogP) is 3.82. The lowest BCUT2D eigenvalue weighted by Crippen LogP contribution is -2.20. The summed E-state index contributed by atoms with van der Waals surface area (Å²) in [7, 11) is 0. The van der Waals surface area contributed by atoms with Gasteiger partial charge in [0.25, 0.3) is 5.56 Å². The smallest absolute Gasteiger partial charge is 0.259 e. The maximum absolute atomic E-state index is 13.1. The summed E-state index contributed by atoms with van der Waals surface area (Å²) in [6.07, 6.45) is 3.74. The summed E-state index contributed by atoms with van der Waals surface area (Å²) < 4.78 is 0. The average Bonchev–Trinajstić information content (AvgIpc) is 3.27. The van der Waals surface area contributed by atoms with Crippen molar-refractivity contribution in [2.45, 2.75) is 19.4 Å². The van der Waals surface area contributed by atoms with E-state index >= 15 is 0 Å². The molecule has 30 heavy (non-hydrogen) atoms. The molecule has 0 aliphatic carbocycles. The lowest BCUT2D eigenvalue weighted by Gasteiger charge is -2.17. The van der Waals surface area contributed by atoms with Crippen molar-refractivity contribution in [1.29, 1.82) is 0 Å². The van der Waals surface area contributed by atoms with Crippen LogP contribution in [0.25, 0.3) is 33.2 Å². The molecule has 0 saturated heterocycles. The third-order valence-electron chi connectivity index (χ3n) is 5.11. The van der Waals surface area contributed by atoms with E-state index in [9.17, 15) is 4.79 Å². The summed E-state index contributed by atoms with van der Waals surface area (Å²) in [6.45, 7) is 2.02. The van der Waals surface area contributed by atoms with Gasteiger partial charge in [-0.25, -0.2) is 19.9 Å². The Bertz CT molecular complexity index is 1390. The summed E-state index contributed by atoms with van der Waals surface area (Å²) in [6, 6.07) is 15.4. The fourth-order valence-corrected chi connectivity index (χ4v) is 3.64. The summed E-state index contributed by atoms with van der Waals surface area (Å²) in [5.41, 5.74) is 3.63. The minimum absolute atomic E-state index is 0.163. The largest absolute Gasteiger partial charge is 0.358 e. The highest BCUT2D eigenvalue weighted by molar-refractivity contribution is 5.94. The number of aromatic nitrogens is 6. The average molecular weight is 397 g/mol. The molecule has 0 aliphatic rings. The molecule has 5 rings (SSSR count). The van der Waals surface area contributed by atoms with Crippen molar-refractivity contribution in [1.82, 2.24) is 29.9 Å². The first-order valence-corrected chi connectivity index (χ1v) is 9.73. The van der Waals surface area contributed by atoms with Crippen LogP contribution >= 0.6 is 0 Å². The van der Waals surface area contributed by atoms with E-state index in [4.69, 9.17) is 4.98 Å². The monoisotopic (exact) mass is 397 g/mol. The highest BCUT2D eigenvalue weighted by Gasteiger charge is 2.18. The van der Waals surface area contributed by atoms with Crippen LogP contribution in [0.5, 0.6) is 0 Å². The first kappa shape index (κ1) is 18.0. The van der Waals surface area contributed by atoms with E-state index in [2.05, 4.69) is 30.2 Å². The summed E-state index contributed by atoms with van der Waals surface area (Å²) in [5.74, 6) is 1.18. The van der Waals surface area contributed by atoms with Gasteiger partial charge in [-0.05, 0) is 23.6 Å². The topological polar surface area (TPSA) is 112 Å². The van der Waals surface area contributed by atoms with Crippen molar-refractivity contribution in [3.8, 4) is 11.1 Å². The first-order valence-electron chi connectivity index (χ1n) is 9.73. The lowest BCUT2D eigenvalue weighted by molar-refractivity contribution is 0.691. The zero-order chi connectivity index (χ0) is 20.5. The number of nitrogens with zero attached hydrogens (tertiary/aromatic N) is 4. The Morgan fingerprint density at radius 3 is 2.73 bits per heavy atom. The highest BCUT2D eigenvalue weighted by Crippen LogP contribution is 2.27. The molecule has 2 aromatic carbocycles. The minimum atomic E-state index is -0.233. The van der Waals surface area contributed by atoms with Crippen LogP contribution in [-0.4, -0.2) is 29.9 Å². The van der Waals surface area contributed by atoms with E-state index in [1.165, 1.54) is 6.33 Å². The van der Waals surface area contributed by atoms with E-state index in [1.54, 1.807) is 6.33 Å². The number of hydrogen-bond acceptors (Lipinski definition) is 6. The Hall–Kier alpha value is -4.07. The molecular weight excluding hydrogens is 378 g/mol. The van der Waals surface area contributed by atoms with Gasteiger partial charge in [-0.2, -0.15) is 0 Å². The normalized spacial score (nSPS) is 12.3. The van der Waals surface area contributed by atoms with Crippen molar-refractivity contribution in [2.75, 3.05) is 5.32 Å². The van der Waals surface area contributed by atoms with Crippen LogP contribution < -0.4 is 10.9 Å². The highest BCUT2D eigenvalue weighted by atomic mass is 16.1. The molecule has 3 aromatic heterocycles. The lowest BCUT2D eigenvalue weighted by atomic mass is 10.0. The second-order valence-electron chi connectivity index (χ2n) is 6.95. The van der Waals surface area contributed by atoms with Gasteiger partial charge in [0.1, 0.15) is 17.7 Å². The van der Waals surface area contributed by atoms with Gasteiger partial charge in [0.15, 0.2) is 11.5 Å². The van der Waals surface area contributed by atoms with Crippen LogP contribution in [0.3, 0.4) is 0 Å². The number of fused-ring (bicyclic) bond motifs is 2. The molecule has 0 aliphatic heterocycles. The van der Waals surface area contributed by atoms with Crippen molar-refractivity contribution >= 4 is 27.9 Å². The fraction of sp³-hybridized carbons (Fsp3) is 0.136. The molecule has 0 radical (unpaired) electrons. The van der Waals surface area contributed by atoms with Crippen LogP contribution in [0.2, 0.25) is 0 Å². The van der Waals surface area contributed by atoms with Crippen LogP contribution in [0.4, 0.5) is 5.82 Å². The van der Waals surface area contributed by atoms with Crippen LogP contribution in [0.15, 0.2) is 66.0 Å². The van der Waals surface area contributed by atoms with E-state index in [0.29, 0.717) is 40.1 Å². The molecule has 8 heteroatoms. The van der Waals surface area contributed by atoms with Gasteiger partial charge in [0.2, 0.25) is 0 Å². The second kappa shape index (κ2) is 7.40. The quantitative estimate of drug-likeness (QED) is 0.416. The standard InChI is InChI=1S/C22H19N7O/c1-2-15(27-21-18-20(24-11-23-18)25-12-26-21)19-28-16-10-6-9-14(17(16)22(30)29-19)13-7-4-3-5-8-13/h3-12,15H,2H2,1H3,(H,28,29,30)(H2,23,24,25,26,27)/t15-/m0/s1. The fourth-order valence-electron chi connectivity index (χ4n) is 3.64. The number of aromatic amines is 2. The van der Waals surface area contributed by atoms with Crippen LogP contribution in [0.1, 0.15) is 25.2 Å². The van der Waals surface area contributed by atoms with E-state index in [1.807, 2.05) is 55.5 Å². The zero-order valence-electron chi connectivity index (χ0n) is 16.3. The second-order valence-corrected chi connectivity index (χ2v) is 6.95. The van der Waals surface area contributed by atoms with Crippen molar-refractivity contribution in [3.63, 3.8) is 0 Å². The molecule has 3 heterocycles. The molecule has 0 amide bonds. The predicted molar refractivity (Wildman–Crippen MR) is 116 cm³/mol. The van der Waals surface area contributed by atoms with Gasteiger partial charge in [0, 0.05) is 0 Å². The summed E-state index contributed by atoms with van der Waals surface area (Å²) >= 11 is 0. The third-order valence-corrected chi connectivity index (χ3v) is 5.11. The molecule has 8 nitrogen and oxygen atoms in total. The summed E-state index contributed by atoms with van der Waals surface area (Å²) in [5, 5.41) is 3.94. The molecule has 1 atom stereocenters. The number of nitrogens with one attached hydrogen (secondary N) is 3. The molecule has 0 spiro atoms. The zero-order valence-corrected chi connectivity index (χ0v) is 16.3. The number of rotatable bonds is 5. The molecule has 5 aromatic rings. The molecule has 148 valence electrons. The Morgan fingerprint density at radius 1 is 1.03 bits per heavy atom. The third kappa shape index (κ3) is 3.08. The van der Waals surface area contributed by atoms with E-state index < -0.39 is 0 Å². The molecule has 0 saturated carbocycles. The number of H-pyrrole nitrogens is 2. The van der Waals surface area contributed by atoms with Gasteiger partial charge < -0.3 is 15.3 Å². The van der Waals surface area contributed by atoms with E-state index in [0.717, 1.165) is 11.1 Å². The van der Waals surface area contributed by atoms with Gasteiger partial charge in [-0.15, -0.1) is 0 Å².